The molecular weight excluding hydrogens is 859 g/mol. The lowest BCUT2D eigenvalue weighted by Crippen LogP contribution is -2.49. The van der Waals surface area contributed by atoms with Crippen molar-refractivity contribution in [3.05, 3.63) is 144 Å². The van der Waals surface area contributed by atoms with E-state index in [1.165, 1.54) is 0 Å². The summed E-state index contributed by atoms with van der Waals surface area (Å²) in [6.45, 7) is 6.74. The normalized spacial score (nSPS) is 19.8. The summed E-state index contributed by atoms with van der Waals surface area (Å²) in [6.07, 6.45) is 6.84. The van der Waals surface area contributed by atoms with E-state index < -0.39 is 12.1 Å². The standard InChI is InChI=1S/C53H61N9O4S/c1-34(2)32-66-53(65)59-46(39-12-7-5-8-13-39)50(63)62-45(33-67-52(62)41-25-27-54-28-26-41)49-56-31-43(58-49)38-23-19-36(20-24-38)35-17-21-37(22-18-35)42-30-55-48(57-42)44-16-11-29-61(44)51(64)47(60(3)4)40-14-9-6-10-15-40/h5-10,12-15,17-24,30-31,34,41,44-47,52,54H,11,16,25-29,32-33H2,1-4H3,(H,55,57)(H,56,58)(H,59,65)/t44-,45-,46?,47+,52?/m0/s1. The molecule has 9 rings (SSSR count). The number of H-pyrrole nitrogens is 2. The highest BCUT2D eigenvalue weighted by molar-refractivity contribution is 8.00. The number of likely N-dealkylation sites (tertiary alicyclic amines) is 1. The van der Waals surface area contributed by atoms with Gasteiger partial charge in [-0.3, -0.25) is 14.5 Å². The minimum absolute atomic E-state index is 0.0662. The van der Waals surface area contributed by atoms with Crippen LogP contribution < -0.4 is 10.6 Å². The van der Waals surface area contributed by atoms with Gasteiger partial charge >= 0.3 is 6.09 Å². The van der Waals surface area contributed by atoms with E-state index in [-0.39, 0.29) is 47.8 Å². The molecule has 5 atom stereocenters. The number of carbonyl (C=O) groups excluding carboxylic acids is 3. The summed E-state index contributed by atoms with van der Waals surface area (Å²) in [5.74, 6) is 2.62. The third-order valence-corrected chi connectivity index (χ3v) is 14.7. The number of piperidine rings is 1. The Kier molecular flexibility index (Phi) is 14.2. The van der Waals surface area contributed by atoms with Gasteiger partial charge < -0.3 is 35.1 Å². The van der Waals surface area contributed by atoms with Crippen LogP contribution in [0.4, 0.5) is 4.79 Å². The van der Waals surface area contributed by atoms with Gasteiger partial charge in [-0.05, 0) is 98.1 Å². The topological polar surface area (TPSA) is 152 Å². The number of ether oxygens (including phenoxy) is 1. The first kappa shape index (κ1) is 45.9. The Labute approximate surface area is 397 Å². The lowest BCUT2D eigenvalue weighted by Gasteiger charge is -2.37. The Morgan fingerprint density at radius 2 is 1.28 bits per heavy atom. The minimum Gasteiger partial charge on any atom is -0.449 e. The van der Waals surface area contributed by atoms with Crippen molar-refractivity contribution in [1.29, 1.82) is 0 Å². The number of thioether (sulfide) groups is 1. The van der Waals surface area contributed by atoms with Crippen molar-refractivity contribution in [2.75, 3.05) is 46.1 Å². The maximum absolute atomic E-state index is 14.9. The van der Waals surface area contributed by atoms with Gasteiger partial charge in [-0.1, -0.05) is 123 Å². The van der Waals surface area contributed by atoms with Crippen LogP contribution in [0, 0.1) is 11.8 Å². The average Bonchev–Trinajstić information content (AvgIpc) is 4.21. The maximum atomic E-state index is 14.9. The first-order chi connectivity index (χ1) is 32.6. The van der Waals surface area contributed by atoms with Crippen molar-refractivity contribution in [3.63, 3.8) is 0 Å². The number of imidazole rings is 2. The summed E-state index contributed by atoms with van der Waals surface area (Å²) in [4.78, 5) is 64.9. The van der Waals surface area contributed by atoms with Crippen LogP contribution in [0.2, 0.25) is 0 Å². The quantitative estimate of drug-likeness (QED) is 0.0839. The molecule has 6 aromatic rings. The fourth-order valence-corrected chi connectivity index (χ4v) is 11.4. The molecule has 3 fully saturated rings. The Morgan fingerprint density at radius 3 is 1.85 bits per heavy atom. The fraction of sp³-hybridized carbons (Fsp3) is 0.377. The zero-order valence-electron chi connectivity index (χ0n) is 38.7. The second kappa shape index (κ2) is 20.7. The Bertz CT molecular complexity index is 2590. The molecule has 67 heavy (non-hydrogen) atoms. The second-order valence-corrected chi connectivity index (χ2v) is 19.7. The van der Waals surface area contributed by atoms with Crippen molar-refractivity contribution >= 4 is 29.7 Å². The highest BCUT2D eigenvalue weighted by Crippen LogP contribution is 2.45. The molecule has 3 aliphatic heterocycles. The Morgan fingerprint density at radius 1 is 0.731 bits per heavy atom. The minimum atomic E-state index is -0.916. The number of aromatic nitrogens is 4. The summed E-state index contributed by atoms with van der Waals surface area (Å²) >= 11 is 1.80. The van der Waals surface area contributed by atoms with E-state index in [1.807, 2.05) is 116 Å². The van der Waals surface area contributed by atoms with E-state index in [0.717, 1.165) is 89.6 Å². The highest BCUT2D eigenvalue weighted by Gasteiger charge is 2.46. The second-order valence-electron chi connectivity index (χ2n) is 18.5. The molecule has 14 heteroatoms. The van der Waals surface area contributed by atoms with Gasteiger partial charge in [-0.2, -0.15) is 0 Å². The molecule has 0 saturated carbocycles. The van der Waals surface area contributed by atoms with Gasteiger partial charge in [0.05, 0.1) is 41.8 Å². The molecule has 0 aliphatic carbocycles. The van der Waals surface area contributed by atoms with E-state index in [1.54, 1.807) is 11.8 Å². The molecule has 348 valence electrons. The van der Waals surface area contributed by atoms with Crippen LogP contribution in [-0.2, 0) is 14.3 Å². The predicted octanol–water partition coefficient (Wildman–Crippen LogP) is 9.17. The van der Waals surface area contributed by atoms with E-state index in [4.69, 9.17) is 14.7 Å². The first-order valence-corrected chi connectivity index (χ1v) is 24.6. The molecule has 5 heterocycles. The number of benzene rings is 4. The first-order valence-electron chi connectivity index (χ1n) is 23.6. The van der Waals surface area contributed by atoms with Gasteiger partial charge in [-0.15, -0.1) is 11.8 Å². The Hall–Kier alpha value is -6.22. The van der Waals surface area contributed by atoms with Crippen molar-refractivity contribution < 1.29 is 19.1 Å². The Balaban J connectivity index is 0.894. The van der Waals surface area contributed by atoms with Crippen LogP contribution in [0.25, 0.3) is 33.6 Å². The number of nitrogens with zero attached hydrogens (tertiary/aromatic N) is 5. The number of amides is 3. The third-order valence-electron chi connectivity index (χ3n) is 13.2. The van der Waals surface area contributed by atoms with Gasteiger partial charge in [0.2, 0.25) is 5.91 Å². The lowest BCUT2D eigenvalue weighted by atomic mass is 9.95. The number of likely N-dealkylation sites (N-methyl/N-ethyl adjacent to an activating group) is 1. The molecule has 3 saturated heterocycles. The van der Waals surface area contributed by atoms with Crippen LogP contribution in [0.15, 0.2) is 122 Å². The molecule has 0 spiro atoms. The summed E-state index contributed by atoms with van der Waals surface area (Å²) in [5.41, 5.74) is 7.64. The van der Waals surface area contributed by atoms with Gasteiger partial charge in [0.15, 0.2) is 0 Å². The van der Waals surface area contributed by atoms with Crippen molar-refractivity contribution in [3.8, 4) is 33.6 Å². The fourth-order valence-electron chi connectivity index (χ4n) is 9.75. The summed E-state index contributed by atoms with van der Waals surface area (Å²) < 4.78 is 5.51. The number of hydrogen-bond donors (Lipinski definition) is 4. The average molecular weight is 920 g/mol. The van der Waals surface area contributed by atoms with E-state index in [0.29, 0.717) is 23.8 Å². The highest BCUT2D eigenvalue weighted by atomic mass is 32.2. The molecule has 13 nitrogen and oxygen atoms in total. The van der Waals surface area contributed by atoms with E-state index in [9.17, 15) is 14.4 Å². The zero-order valence-corrected chi connectivity index (χ0v) is 39.5. The number of aromatic amines is 2. The smallest absolute Gasteiger partial charge is 0.408 e. The van der Waals surface area contributed by atoms with Gasteiger partial charge in [0.25, 0.3) is 5.91 Å². The largest absolute Gasteiger partial charge is 0.449 e. The van der Waals surface area contributed by atoms with Crippen molar-refractivity contribution in [2.24, 2.45) is 11.8 Å². The van der Waals surface area contributed by atoms with E-state index in [2.05, 4.69) is 69.1 Å². The summed E-state index contributed by atoms with van der Waals surface area (Å²) in [7, 11) is 3.91. The zero-order chi connectivity index (χ0) is 46.4. The molecule has 0 bridgehead atoms. The van der Waals surface area contributed by atoms with Crippen molar-refractivity contribution in [2.45, 2.75) is 69.1 Å². The number of nitrogens with one attached hydrogen (secondary N) is 4. The van der Waals surface area contributed by atoms with Crippen LogP contribution >= 0.6 is 11.8 Å². The monoisotopic (exact) mass is 919 g/mol. The molecule has 2 aromatic heterocycles. The SMILES string of the molecule is CC(C)COC(=O)NC(C(=O)N1C(C2CCNCC2)SC[C@H]1c1ncc(-c2ccc(-c3ccc(-c4cnc([C@@H]5CCCN5C(=O)[C@@H](c5ccccc5)N(C)C)[nH]4)cc3)cc2)[nH]1)c1ccccc1. The van der Waals surface area contributed by atoms with Crippen LogP contribution in [0.1, 0.15) is 86.5 Å². The third kappa shape index (κ3) is 10.2. The molecule has 3 amide bonds. The number of hydrogen-bond acceptors (Lipinski definition) is 9. The summed E-state index contributed by atoms with van der Waals surface area (Å²) in [6, 6.07) is 34.6. The molecule has 4 N–H and O–H groups in total. The molecule has 0 radical (unpaired) electrons. The maximum Gasteiger partial charge on any atom is 0.408 e. The van der Waals surface area contributed by atoms with Crippen LogP contribution in [0.3, 0.4) is 0 Å². The molecule has 4 aromatic carbocycles. The number of rotatable bonds is 14. The molecule has 3 aliphatic rings. The van der Waals surface area contributed by atoms with Gasteiger partial charge in [-0.25, -0.2) is 14.8 Å². The lowest BCUT2D eigenvalue weighted by molar-refractivity contribution is -0.138. The van der Waals surface area contributed by atoms with Gasteiger partial charge in [0, 0.05) is 12.3 Å². The number of carbonyl (C=O) groups is 3. The summed E-state index contributed by atoms with van der Waals surface area (Å²) in [5, 5.41) is 6.33. The van der Waals surface area contributed by atoms with E-state index >= 15 is 0 Å². The van der Waals surface area contributed by atoms with Gasteiger partial charge in [0.1, 0.15) is 29.8 Å². The molecular formula is C53H61N9O4S. The molecule has 2 unspecified atom stereocenters. The predicted molar refractivity (Wildman–Crippen MR) is 264 cm³/mol. The van der Waals surface area contributed by atoms with Crippen LogP contribution in [-0.4, -0.2) is 104 Å². The van der Waals surface area contributed by atoms with Crippen LogP contribution in [0.5, 0.6) is 0 Å². The van der Waals surface area contributed by atoms with Crippen molar-refractivity contribution in [1.82, 2.24) is 45.3 Å². The number of alkyl carbamates (subject to hydrolysis) is 1.